The fourth-order valence-electron chi connectivity index (χ4n) is 3.15. The van der Waals surface area contributed by atoms with Gasteiger partial charge in [-0.25, -0.2) is 0 Å². The van der Waals surface area contributed by atoms with Crippen LogP contribution >= 0.6 is 0 Å². The summed E-state index contributed by atoms with van der Waals surface area (Å²) in [6.45, 7) is 2.94. The Bertz CT molecular complexity index is 891. The minimum atomic E-state index is -0.357. The van der Waals surface area contributed by atoms with Gasteiger partial charge in [-0.3, -0.25) is 4.79 Å². The number of benzene rings is 2. The van der Waals surface area contributed by atoms with Crippen LogP contribution in [-0.2, 0) is 11.2 Å². The molecule has 1 amide bonds. The summed E-state index contributed by atoms with van der Waals surface area (Å²) in [4.78, 5) is 17.0. The number of carbonyl (C=O) groups is 1. The van der Waals surface area contributed by atoms with Gasteiger partial charge in [0.1, 0.15) is 6.04 Å². The predicted octanol–water partition coefficient (Wildman–Crippen LogP) is 3.25. The van der Waals surface area contributed by atoms with Crippen molar-refractivity contribution in [3.05, 3.63) is 71.6 Å². The van der Waals surface area contributed by atoms with Gasteiger partial charge in [0, 0.05) is 18.4 Å². The first-order valence-electron chi connectivity index (χ1n) is 10.2. The van der Waals surface area contributed by atoms with Gasteiger partial charge in [0.2, 0.25) is 17.6 Å². The maximum absolute atomic E-state index is 12.5. The van der Waals surface area contributed by atoms with E-state index < -0.39 is 0 Å². The number of nitrogens with one attached hydrogen (secondary N) is 1. The lowest BCUT2D eigenvalue weighted by Gasteiger charge is -2.15. The van der Waals surface area contributed by atoms with Crippen molar-refractivity contribution in [3.63, 3.8) is 0 Å². The summed E-state index contributed by atoms with van der Waals surface area (Å²) in [7, 11) is 0. The number of rotatable bonds is 10. The predicted molar refractivity (Wildman–Crippen MR) is 112 cm³/mol. The summed E-state index contributed by atoms with van der Waals surface area (Å²) in [5.41, 5.74) is 7.01. The Balaban J connectivity index is 1.74. The molecule has 3 aromatic rings. The minimum Gasteiger partial charge on any atom is -0.358 e. The molecule has 0 fully saturated rings. The molecule has 0 aliphatic heterocycles. The number of aromatic nitrogens is 2. The molecule has 4 N–H and O–H groups in total. The molecular formula is C23H29N4O2+. The van der Waals surface area contributed by atoms with Crippen LogP contribution in [0.15, 0.2) is 59.1 Å². The van der Waals surface area contributed by atoms with E-state index in [2.05, 4.69) is 21.2 Å². The molecule has 29 heavy (non-hydrogen) atoms. The lowest BCUT2D eigenvalue weighted by atomic mass is 10.1. The summed E-state index contributed by atoms with van der Waals surface area (Å²) in [5, 5.41) is 7.21. The number of carbonyl (C=O) groups excluding carboxylic acids is 1. The van der Waals surface area contributed by atoms with Gasteiger partial charge in [0.15, 0.2) is 0 Å². The highest BCUT2D eigenvalue weighted by Crippen LogP contribution is 2.22. The van der Waals surface area contributed by atoms with Crippen LogP contribution < -0.4 is 11.1 Å². The van der Waals surface area contributed by atoms with Crippen molar-refractivity contribution < 1.29 is 15.1 Å². The van der Waals surface area contributed by atoms with Crippen LogP contribution in [0.25, 0.3) is 11.4 Å². The highest BCUT2D eigenvalue weighted by molar-refractivity contribution is 5.76. The first-order chi connectivity index (χ1) is 14.2. The van der Waals surface area contributed by atoms with Gasteiger partial charge in [-0.2, -0.15) is 4.98 Å². The summed E-state index contributed by atoms with van der Waals surface area (Å²) in [6, 6.07) is 17.6. The van der Waals surface area contributed by atoms with Crippen molar-refractivity contribution in [3.8, 4) is 11.4 Å². The van der Waals surface area contributed by atoms with Crippen LogP contribution in [-0.4, -0.2) is 22.6 Å². The second-order valence-corrected chi connectivity index (χ2v) is 7.30. The van der Waals surface area contributed by atoms with Crippen LogP contribution in [0.4, 0.5) is 0 Å². The van der Waals surface area contributed by atoms with Gasteiger partial charge in [0.25, 0.3) is 0 Å². The van der Waals surface area contributed by atoms with E-state index >= 15 is 0 Å². The molecule has 0 saturated carbocycles. The largest absolute Gasteiger partial charge is 0.358 e. The maximum Gasteiger partial charge on any atom is 0.249 e. The molecule has 0 unspecified atom stereocenters. The zero-order chi connectivity index (χ0) is 20.5. The third-order valence-corrected chi connectivity index (χ3v) is 4.82. The monoisotopic (exact) mass is 393 g/mol. The third-order valence-electron chi connectivity index (χ3n) is 4.82. The molecule has 2 aromatic carbocycles. The van der Waals surface area contributed by atoms with E-state index in [1.165, 1.54) is 5.56 Å². The lowest BCUT2D eigenvalue weighted by molar-refractivity contribution is -0.368. The third kappa shape index (κ3) is 6.26. The number of aryl methyl sites for hydroxylation is 1. The molecule has 0 aliphatic rings. The highest BCUT2D eigenvalue weighted by Gasteiger charge is 2.22. The molecule has 0 aliphatic carbocycles. The molecule has 0 spiro atoms. The minimum absolute atomic E-state index is 0.00470. The van der Waals surface area contributed by atoms with E-state index in [0.717, 1.165) is 36.9 Å². The number of quaternary nitrogens is 1. The summed E-state index contributed by atoms with van der Waals surface area (Å²) in [5.74, 6) is 0.961. The Morgan fingerprint density at radius 1 is 1.07 bits per heavy atom. The number of nitrogens with zero attached hydrogens (tertiary/aromatic N) is 2. The second-order valence-electron chi connectivity index (χ2n) is 7.30. The van der Waals surface area contributed by atoms with Crippen molar-refractivity contribution in [2.24, 2.45) is 0 Å². The van der Waals surface area contributed by atoms with Gasteiger partial charge in [-0.1, -0.05) is 65.3 Å². The molecule has 152 valence electrons. The molecule has 3 rings (SSSR count). The van der Waals surface area contributed by atoms with E-state index in [1.54, 1.807) is 0 Å². The fourth-order valence-corrected chi connectivity index (χ4v) is 3.15. The average Bonchev–Trinajstić information content (AvgIpc) is 3.22. The maximum atomic E-state index is 12.5. The van der Waals surface area contributed by atoms with Crippen molar-refractivity contribution in [2.75, 3.05) is 6.54 Å². The van der Waals surface area contributed by atoms with Crippen LogP contribution in [0.1, 0.15) is 48.7 Å². The Morgan fingerprint density at radius 2 is 1.83 bits per heavy atom. The van der Waals surface area contributed by atoms with Crippen molar-refractivity contribution in [1.82, 2.24) is 15.5 Å². The van der Waals surface area contributed by atoms with Crippen molar-refractivity contribution >= 4 is 5.91 Å². The number of hydrogen-bond donors (Lipinski definition) is 2. The molecule has 1 heterocycles. The number of amides is 1. The SMILES string of the molecule is Cc1ccc(-c2noc([C@H](Cc3ccccc3)NC(=O)CCCCC[NH3+])n2)cc1. The molecule has 0 radical (unpaired) electrons. The van der Waals surface area contributed by atoms with E-state index in [0.29, 0.717) is 24.6 Å². The number of unbranched alkanes of at least 4 members (excludes halogenated alkanes) is 2. The molecule has 0 saturated heterocycles. The summed E-state index contributed by atoms with van der Waals surface area (Å²) in [6.07, 6.45) is 4.01. The zero-order valence-electron chi connectivity index (χ0n) is 16.9. The van der Waals surface area contributed by atoms with Gasteiger partial charge in [-0.15, -0.1) is 0 Å². The van der Waals surface area contributed by atoms with Crippen LogP contribution in [0.2, 0.25) is 0 Å². The number of hydrogen-bond acceptors (Lipinski definition) is 4. The van der Waals surface area contributed by atoms with E-state index in [1.807, 2.05) is 61.5 Å². The van der Waals surface area contributed by atoms with Crippen molar-refractivity contribution in [2.45, 2.75) is 45.1 Å². The summed E-state index contributed by atoms with van der Waals surface area (Å²) >= 11 is 0. The Morgan fingerprint density at radius 3 is 2.55 bits per heavy atom. The van der Waals surface area contributed by atoms with Crippen LogP contribution in [0.3, 0.4) is 0 Å². The molecule has 6 nitrogen and oxygen atoms in total. The van der Waals surface area contributed by atoms with Gasteiger partial charge in [0.05, 0.1) is 6.54 Å². The van der Waals surface area contributed by atoms with Crippen LogP contribution in [0, 0.1) is 6.92 Å². The van der Waals surface area contributed by atoms with E-state index in [-0.39, 0.29) is 11.9 Å². The zero-order valence-corrected chi connectivity index (χ0v) is 16.9. The van der Waals surface area contributed by atoms with Crippen LogP contribution in [0.5, 0.6) is 0 Å². The molecule has 1 aromatic heterocycles. The molecule has 0 bridgehead atoms. The smallest absolute Gasteiger partial charge is 0.249 e. The molecule has 1 atom stereocenters. The normalized spacial score (nSPS) is 11.9. The highest BCUT2D eigenvalue weighted by atomic mass is 16.5. The fraction of sp³-hybridized carbons (Fsp3) is 0.348. The van der Waals surface area contributed by atoms with Gasteiger partial charge in [-0.05, 0) is 31.7 Å². The Kier molecular flexibility index (Phi) is 7.53. The standard InChI is InChI=1S/C23H28N4O2/c1-17-11-13-19(14-12-17)22-26-23(29-27-22)20(16-18-8-4-2-5-9-18)25-21(28)10-6-3-7-15-24/h2,4-5,8-9,11-14,20H,3,6-7,10,15-16,24H2,1H3,(H,25,28)/p+1/t20-/m0/s1. The first-order valence-corrected chi connectivity index (χ1v) is 10.2. The van der Waals surface area contributed by atoms with Crippen molar-refractivity contribution in [1.29, 1.82) is 0 Å². The quantitative estimate of drug-likeness (QED) is 0.517. The van der Waals surface area contributed by atoms with E-state index in [4.69, 9.17) is 4.52 Å². The Labute approximate surface area is 171 Å². The van der Waals surface area contributed by atoms with E-state index in [9.17, 15) is 4.79 Å². The summed E-state index contributed by atoms with van der Waals surface area (Å²) < 4.78 is 5.54. The van der Waals surface area contributed by atoms with Gasteiger partial charge < -0.3 is 15.6 Å². The Hall–Kier alpha value is -2.99. The topological polar surface area (TPSA) is 95.7 Å². The molecule has 6 heteroatoms. The lowest BCUT2D eigenvalue weighted by Crippen LogP contribution is -2.50. The molecular weight excluding hydrogens is 364 g/mol. The first kappa shape index (κ1) is 20.7. The average molecular weight is 394 g/mol. The second kappa shape index (κ2) is 10.5. The van der Waals surface area contributed by atoms with Gasteiger partial charge >= 0.3 is 0 Å².